The Morgan fingerprint density at radius 1 is 1.35 bits per heavy atom. The van der Waals surface area contributed by atoms with Crippen molar-refractivity contribution in [2.45, 2.75) is 53.0 Å². The molecule has 0 aromatic heterocycles. The minimum Gasteiger partial charge on any atom is -0.268 e. The molecule has 2 aliphatic carbocycles. The van der Waals surface area contributed by atoms with E-state index in [1.165, 1.54) is 4.31 Å². The molecule has 3 atom stereocenters. The lowest BCUT2D eigenvalue weighted by Gasteiger charge is -2.37. The van der Waals surface area contributed by atoms with Gasteiger partial charge in [0.05, 0.1) is 11.8 Å². The fourth-order valence-corrected chi connectivity index (χ4v) is 7.42. The van der Waals surface area contributed by atoms with Crippen LogP contribution in [0.3, 0.4) is 0 Å². The Hall–Kier alpha value is -0.840. The van der Waals surface area contributed by atoms with Gasteiger partial charge in [-0.1, -0.05) is 19.9 Å². The molecule has 2 saturated carbocycles. The van der Waals surface area contributed by atoms with E-state index >= 15 is 0 Å². The van der Waals surface area contributed by atoms with E-state index in [0.29, 0.717) is 11.5 Å². The predicted molar refractivity (Wildman–Crippen MR) is 77.4 cm³/mol. The summed E-state index contributed by atoms with van der Waals surface area (Å²) in [5, 5.41) is 0. The molecule has 0 radical (unpaired) electrons. The first kappa shape index (κ1) is 14.1. The summed E-state index contributed by atoms with van der Waals surface area (Å²) in [5.41, 5.74) is 0.315. The van der Waals surface area contributed by atoms with Gasteiger partial charge in [0.25, 0.3) is 5.91 Å². The normalized spacial score (nSPS) is 41.0. The van der Waals surface area contributed by atoms with Crippen LogP contribution >= 0.6 is 0 Å². The second-order valence-corrected chi connectivity index (χ2v) is 9.04. The number of hydrogen-bond acceptors (Lipinski definition) is 3. The van der Waals surface area contributed by atoms with Gasteiger partial charge in [0.2, 0.25) is 10.0 Å². The van der Waals surface area contributed by atoms with E-state index in [4.69, 9.17) is 0 Å². The number of nitrogens with zero attached hydrogens (tertiary/aromatic N) is 1. The molecule has 112 valence electrons. The second kappa shape index (κ2) is 3.87. The first-order valence-electron chi connectivity index (χ1n) is 7.37. The molecule has 4 nitrogen and oxygen atoms in total. The average Bonchev–Trinajstić information content (AvgIpc) is 2.83. The minimum atomic E-state index is -3.47. The van der Waals surface area contributed by atoms with Crippen molar-refractivity contribution < 1.29 is 13.2 Å². The van der Waals surface area contributed by atoms with Crippen LogP contribution in [0.1, 0.15) is 47.0 Å². The molecule has 5 heteroatoms. The summed E-state index contributed by atoms with van der Waals surface area (Å²) in [6, 6.07) is -0.122. The van der Waals surface area contributed by atoms with E-state index in [1.54, 1.807) is 19.9 Å². The predicted octanol–water partition coefficient (Wildman–Crippen LogP) is 2.32. The van der Waals surface area contributed by atoms with Crippen LogP contribution in [0, 0.1) is 16.7 Å². The topological polar surface area (TPSA) is 54.5 Å². The highest BCUT2D eigenvalue weighted by molar-refractivity contribution is 7.90. The Bertz CT molecular complexity index is 605. The van der Waals surface area contributed by atoms with Gasteiger partial charge >= 0.3 is 0 Å². The van der Waals surface area contributed by atoms with Crippen molar-refractivity contribution in [1.29, 1.82) is 0 Å². The number of allylic oxidation sites excluding steroid dienone is 1. The number of fused-ring (bicyclic) bond motifs is 1. The third kappa shape index (κ3) is 1.42. The summed E-state index contributed by atoms with van der Waals surface area (Å²) in [7, 11) is -3.47. The molecule has 20 heavy (non-hydrogen) atoms. The van der Waals surface area contributed by atoms with E-state index in [9.17, 15) is 13.2 Å². The molecule has 1 saturated heterocycles. The maximum absolute atomic E-state index is 12.6. The van der Waals surface area contributed by atoms with E-state index in [0.717, 1.165) is 19.3 Å². The number of carbonyl (C=O) groups excluding carboxylic acids is 1. The van der Waals surface area contributed by atoms with Crippen LogP contribution in [-0.2, 0) is 14.8 Å². The van der Waals surface area contributed by atoms with Crippen molar-refractivity contribution >= 4 is 15.9 Å². The zero-order valence-electron chi connectivity index (χ0n) is 12.6. The number of amides is 1. The molecule has 0 N–H and O–H groups in total. The summed E-state index contributed by atoms with van der Waals surface area (Å²) in [6.07, 6.45) is 4.58. The highest BCUT2D eigenvalue weighted by Crippen LogP contribution is 2.70. The lowest BCUT2D eigenvalue weighted by Crippen LogP contribution is -2.44. The van der Waals surface area contributed by atoms with Crippen LogP contribution in [0.5, 0.6) is 0 Å². The fourth-order valence-electron chi connectivity index (χ4n) is 4.85. The van der Waals surface area contributed by atoms with Gasteiger partial charge in [-0.15, -0.1) is 0 Å². The third-order valence-corrected chi connectivity index (χ3v) is 8.28. The number of sulfonamides is 1. The SMILES string of the molecule is C/C=C(/C)C(=O)N1[C@@H]2C[C@H]3CC[C@]2(CS1(=O)=O)C3(C)C. The van der Waals surface area contributed by atoms with Crippen molar-refractivity contribution in [2.24, 2.45) is 16.7 Å². The summed E-state index contributed by atoms with van der Waals surface area (Å²) >= 11 is 0. The highest BCUT2D eigenvalue weighted by atomic mass is 32.2. The summed E-state index contributed by atoms with van der Waals surface area (Å²) < 4.78 is 26.4. The molecule has 1 spiro atoms. The lowest BCUT2D eigenvalue weighted by molar-refractivity contribution is -0.125. The fraction of sp³-hybridized carbons (Fsp3) is 0.800. The number of rotatable bonds is 1. The molecule has 3 rings (SSSR count). The Morgan fingerprint density at radius 2 is 2.00 bits per heavy atom. The number of hydrogen-bond donors (Lipinski definition) is 0. The Kier molecular flexibility index (Phi) is 2.73. The zero-order chi connectivity index (χ0) is 14.9. The summed E-state index contributed by atoms with van der Waals surface area (Å²) in [6.45, 7) is 7.85. The first-order chi connectivity index (χ1) is 9.17. The monoisotopic (exact) mass is 297 g/mol. The minimum absolute atomic E-state index is 0.0175. The quantitative estimate of drug-likeness (QED) is 0.698. The van der Waals surface area contributed by atoms with Crippen molar-refractivity contribution in [1.82, 2.24) is 4.31 Å². The molecule has 3 fully saturated rings. The van der Waals surface area contributed by atoms with Gasteiger partial charge < -0.3 is 0 Å². The molecular formula is C15H23NO3S. The average molecular weight is 297 g/mol. The number of carbonyl (C=O) groups is 1. The van der Waals surface area contributed by atoms with E-state index < -0.39 is 10.0 Å². The van der Waals surface area contributed by atoms with Crippen LogP contribution in [0.2, 0.25) is 0 Å². The van der Waals surface area contributed by atoms with E-state index in [-0.39, 0.29) is 28.5 Å². The molecule has 2 bridgehead atoms. The van der Waals surface area contributed by atoms with Crippen molar-refractivity contribution in [3.05, 3.63) is 11.6 Å². The Morgan fingerprint density at radius 3 is 2.55 bits per heavy atom. The maximum Gasteiger partial charge on any atom is 0.262 e. The Labute approximate surface area is 121 Å². The van der Waals surface area contributed by atoms with Crippen LogP contribution in [0.4, 0.5) is 0 Å². The van der Waals surface area contributed by atoms with Crippen LogP contribution < -0.4 is 0 Å². The van der Waals surface area contributed by atoms with Gasteiger partial charge in [0, 0.05) is 11.0 Å². The molecule has 1 aliphatic heterocycles. The second-order valence-electron chi connectivity index (χ2n) is 7.19. The first-order valence-corrected chi connectivity index (χ1v) is 8.97. The molecule has 3 aliphatic rings. The van der Waals surface area contributed by atoms with Gasteiger partial charge in [-0.25, -0.2) is 12.7 Å². The van der Waals surface area contributed by atoms with Crippen molar-refractivity contribution in [2.75, 3.05) is 5.75 Å². The highest BCUT2D eigenvalue weighted by Gasteiger charge is 2.72. The van der Waals surface area contributed by atoms with Crippen LogP contribution in [-0.4, -0.2) is 30.4 Å². The van der Waals surface area contributed by atoms with Crippen molar-refractivity contribution in [3.63, 3.8) is 0 Å². The van der Waals surface area contributed by atoms with Gasteiger partial charge in [-0.05, 0) is 44.4 Å². The maximum atomic E-state index is 12.6. The third-order valence-electron chi connectivity index (χ3n) is 6.38. The summed E-state index contributed by atoms with van der Waals surface area (Å²) in [4.78, 5) is 12.5. The molecule has 0 aromatic rings. The van der Waals surface area contributed by atoms with Crippen LogP contribution in [0.15, 0.2) is 11.6 Å². The molecular weight excluding hydrogens is 274 g/mol. The molecule has 1 amide bonds. The van der Waals surface area contributed by atoms with E-state index in [1.807, 2.05) is 0 Å². The standard InChI is InChI=1S/C15H23NO3S/c1-5-10(2)13(17)16-12-8-11-6-7-15(12,14(11,3)4)9-20(16,18)19/h5,11-12H,6-9H2,1-4H3/b10-5-/t11-,12-,15-/m1/s1. The largest absolute Gasteiger partial charge is 0.268 e. The van der Waals surface area contributed by atoms with Gasteiger partial charge in [0.1, 0.15) is 0 Å². The van der Waals surface area contributed by atoms with Gasteiger partial charge in [-0.2, -0.15) is 0 Å². The van der Waals surface area contributed by atoms with E-state index in [2.05, 4.69) is 13.8 Å². The smallest absolute Gasteiger partial charge is 0.262 e. The van der Waals surface area contributed by atoms with Gasteiger partial charge in [0.15, 0.2) is 0 Å². The molecule has 1 heterocycles. The van der Waals surface area contributed by atoms with Crippen LogP contribution in [0.25, 0.3) is 0 Å². The zero-order valence-corrected chi connectivity index (χ0v) is 13.5. The lowest BCUT2D eigenvalue weighted by atomic mass is 9.69. The molecule has 0 aromatic carbocycles. The van der Waals surface area contributed by atoms with Crippen molar-refractivity contribution in [3.8, 4) is 0 Å². The summed E-state index contributed by atoms with van der Waals surface area (Å²) in [5.74, 6) is 0.374. The molecule has 0 unspecified atom stereocenters. The van der Waals surface area contributed by atoms with Gasteiger partial charge in [-0.3, -0.25) is 4.79 Å². The Balaban J connectivity index is 2.09.